The van der Waals surface area contributed by atoms with Crippen LogP contribution in [0.1, 0.15) is 35.3 Å². The Labute approximate surface area is 236 Å². The Morgan fingerprint density at radius 3 is 2.42 bits per heavy atom. The third-order valence-corrected chi connectivity index (χ3v) is 7.32. The maximum absolute atomic E-state index is 13.1. The van der Waals surface area contributed by atoms with Gasteiger partial charge in [-0.1, -0.05) is 42.5 Å². The zero-order chi connectivity index (χ0) is 28.1. The lowest BCUT2D eigenvalue weighted by atomic mass is 10.1. The molecule has 8 heteroatoms. The van der Waals surface area contributed by atoms with Gasteiger partial charge in [0.25, 0.3) is 5.91 Å². The maximum atomic E-state index is 13.1. The number of carbonyl (C=O) groups is 2. The lowest BCUT2D eigenvalue weighted by Gasteiger charge is -2.13. The van der Waals surface area contributed by atoms with Crippen molar-refractivity contribution in [1.29, 1.82) is 0 Å². The number of benzene rings is 4. The van der Waals surface area contributed by atoms with Gasteiger partial charge in [0, 0.05) is 6.54 Å². The predicted octanol–water partition coefficient (Wildman–Crippen LogP) is 7.14. The summed E-state index contributed by atoms with van der Waals surface area (Å²) in [5.41, 5.74) is 2.62. The summed E-state index contributed by atoms with van der Waals surface area (Å²) in [5.74, 6) is 0.0993. The molecular formula is C32H28N2O5S. The van der Waals surface area contributed by atoms with E-state index in [1.807, 2.05) is 50.3 Å². The van der Waals surface area contributed by atoms with Crippen LogP contribution in [0.4, 0.5) is 5.69 Å². The standard InChI is InChI=1S/C32H28N2O5S/c1-3-34-30(35)29(40-32(34)33-26-14-12-24(13-15-26)31(36)37)19-21-10-16-27(28(18-21)38-4-2)39-20-22-9-11-23-7-5-6-8-25(23)17-22/h5-19H,3-4,20H2,1-2H3,(H,36,37)/b29-19-,33-32?. The fourth-order valence-corrected chi connectivity index (χ4v) is 5.36. The van der Waals surface area contributed by atoms with E-state index < -0.39 is 5.97 Å². The molecule has 0 unspecified atom stereocenters. The second-order valence-corrected chi connectivity index (χ2v) is 10.0. The van der Waals surface area contributed by atoms with Crippen LogP contribution in [0.15, 0.2) is 94.8 Å². The fraction of sp³-hybridized carbons (Fsp3) is 0.156. The Balaban J connectivity index is 1.35. The number of nitrogens with zero attached hydrogens (tertiary/aromatic N) is 2. The van der Waals surface area contributed by atoms with E-state index in [4.69, 9.17) is 14.6 Å². The topological polar surface area (TPSA) is 88.4 Å². The second kappa shape index (κ2) is 12.1. The van der Waals surface area contributed by atoms with E-state index in [-0.39, 0.29) is 11.5 Å². The summed E-state index contributed by atoms with van der Waals surface area (Å²) < 4.78 is 12.0. The van der Waals surface area contributed by atoms with Crippen LogP contribution in [0.5, 0.6) is 11.5 Å². The van der Waals surface area contributed by atoms with Crippen molar-refractivity contribution in [2.24, 2.45) is 4.99 Å². The van der Waals surface area contributed by atoms with Crippen LogP contribution in [0.25, 0.3) is 16.8 Å². The van der Waals surface area contributed by atoms with Crippen LogP contribution >= 0.6 is 11.8 Å². The number of likely N-dealkylation sites (N-methyl/N-ethyl adjacent to an activating group) is 1. The quantitative estimate of drug-likeness (QED) is 0.222. The second-order valence-electron chi connectivity index (χ2n) is 9.02. The minimum atomic E-state index is -0.999. The van der Waals surface area contributed by atoms with E-state index in [1.54, 1.807) is 17.0 Å². The monoisotopic (exact) mass is 552 g/mol. The number of aromatic carboxylic acids is 1. The van der Waals surface area contributed by atoms with Crippen molar-refractivity contribution in [3.05, 3.63) is 107 Å². The Bertz CT molecular complexity index is 1630. The molecule has 1 heterocycles. The zero-order valence-corrected chi connectivity index (χ0v) is 23.0. The Kier molecular flexibility index (Phi) is 8.17. The summed E-state index contributed by atoms with van der Waals surface area (Å²) in [6.07, 6.45) is 1.82. The molecule has 40 heavy (non-hydrogen) atoms. The molecule has 0 radical (unpaired) electrons. The lowest BCUT2D eigenvalue weighted by molar-refractivity contribution is -0.122. The van der Waals surface area contributed by atoms with E-state index >= 15 is 0 Å². The van der Waals surface area contributed by atoms with Gasteiger partial charge in [0.05, 0.1) is 22.8 Å². The molecule has 0 spiro atoms. The van der Waals surface area contributed by atoms with Crippen molar-refractivity contribution < 1.29 is 24.2 Å². The average molecular weight is 553 g/mol. The molecule has 1 saturated heterocycles. The highest BCUT2D eigenvalue weighted by Crippen LogP contribution is 2.36. The van der Waals surface area contributed by atoms with Gasteiger partial charge in [-0.2, -0.15) is 0 Å². The van der Waals surface area contributed by atoms with Crippen molar-refractivity contribution in [1.82, 2.24) is 4.90 Å². The molecule has 1 fully saturated rings. The zero-order valence-electron chi connectivity index (χ0n) is 22.2. The molecule has 7 nitrogen and oxygen atoms in total. The minimum Gasteiger partial charge on any atom is -0.490 e. The Morgan fingerprint density at radius 2 is 1.70 bits per heavy atom. The minimum absolute atomic E-state index is 0.136. The molecule has 0 atom stereocenters. The van der Waals surface area contributed by atoms with Crippen LogP contribution in [-0.4, -0.2) is 40.2 Å². The summed E-state index contributed by atoms with van der Waals surface area (Å²) in [5, 5.41) is 12.0. The van der Waals surface area contributed by atoms with Crippen LogP contribution in [0.2, 0.25) is 0 Å². The third-order valence-electron chi connectivity index (χ3n) is 6.32. The number of hydrogen-bond donors (Lipinski definition) is 1. The van der Waals surface area contributed by atoms with Crippen molar-refractivity contribution in [2.75, 3.05) is 13.2 Å². The smallest absolute Gasteiger partial charge is 0.335 e. The Hall–Kier alpha value is -4.56. The number of aliphatic imine (C=N–C) groups is 1. The molecule has 0 aromatic heterocycles. The normalized spacial score (nSPS) is 15.2. The van der Waals surface area contributed by atoms with E-state index in [9.17, 15) is 9.59 Å². The number of thioether (sulfide) groups is 1. The molecule has 0 bridgehead atoms. The number of rotatable bonds is 9. The molecule has 1 amide bonds. The van der Waals surface area contributed by atoms with Gasteiger partial charge in [-0.3, -0.25) is 9.69 Å². The fourth-order valence-electron chi connectivity index (χ4n) is 4.30. The van der Waals surface area contributed by atoms with Crippen LogP contribution in [-0.2, 0) is 11.4 Å². The lowest BCUT2D eigenvalue weighted by Crippen LogP contribution is -2.28. The van der Waals surface area contributed by atoms with Crippen LogP contribution in [0.3, 0.4) is 0 Å². The number of carboxylic acid groups (broad SMARTS) is 1. The van der Waals surface area contributed by atoms with Gasteiger partial charge in [0.1, 0.15) is 6.61 Å². The largest absolute Gasteiger partial charge is 0.490 e. The van der Waals surface area contributed by atoms with Crippen molar-refractivity contribution in [2.45, 2.75) is 20.5 Å². The highest BCUT2D eigenvalue weighted by atomic mass is 32.2. The van der Waals surface area contributed by atoms with Gasteiger partial charge in [-0.15, -0.1) is 0 Å². The van der Waals surface area contributed by atoms with Gasteiger partial charge in [0.15, 0.2) is 16.7 Å². The summed E-state index contributed by atoms with van der Waals surface area (Å²) in [4.78, 5) is 31.0. The number of ether oxygens (including phenoxy) is 2. The molecule has 1 aliphatic heterocycles. The molecule has 1 N–H and O–H groups in total. The van der Waals surface area contributed by atoms with E-state index in [0.717, 1.165) is 16.5 Å². The Morgan fingerprint density at radius 1 is 0.925 bits per heavy atom. The number of carboxylic acids is 1. The van der Waals surface area contributed by atoms with Crippen LogP contribution < -0.4 is 9.47 Å². The molecule has 0 aliphatic carbocycles. The highest BCUT2D eigenvalue weighted by Gasteiger charge is 2.32. The molecule has 5 rings (SSSR count). The first-order valence-corrected chi connectivity index (χ1v) is 13.8. The van der Waals surface area contributed by atoms with E-state index in [0.29, 0.717) is 47.0 Å². The van der Waals surface area contributed by atoms with Gasteiger partial charge < -0.3 is 14.6 Å². The van der Waals surface area contributed by atoms with Gasteiger partial charge in [-0.25, -0.2) is 9.79 Å². The molecule has 4 aromatic carbocycles. The van der Waals surface area contributed by atoms with Gasteiger partial charge in [-0.05, 0) is 96.0 Å². The van der Waals surface area contributed by atoms with E-state index in [2.05, 4.69) is 35.3 Å². The molecule has 4 aromatic rings. The molecule has 0 saturated carbocycles. The molecule has 202 valence electrons. The number of carbonyl (C=O) groups excluding carboxylic acids is 1. The van der Waals surface area contributed by atoms with Gasteiger partial charge >= 0.3 is 5.97 Å². The summed E-state index contributed by atoms with van der Waals surface area (Å²) in [6, 6.07) is 26.4. The van der Waals surface area contributed by atoms with Crippen molar-refractivity contribution >= 4 is 51.3 Å². The summed E-state index contributed by atoms with van der Waals surface area (Å²) in [7, 11) is 0. The number of amides is 1. The summed E-state index contributed by atoms with van der Waals surface area (Å²) >= 11 is 1.28. The third kappa shape index (κ3) is 6.02. The maximum Gasteiger partial charge on any atom is 0.335 e. The van der Waals surface area contributed by atoms with Crippen LogP contribution in [0, 0.1) is 0 Å². The van der Waals surface area contributed by atoms with Gasteiger partial charge in [0.2, 0.25) is 0 Å². The summed E-state index contributed by atoms with van der Waals surface area (Å²) in [6.45, 7) is 5.14. The SMILES string of the molecule is CCOc1cc(/C=C2\SC(=Nc3ccc(C(=O)O)cc3)N(CC)C2=O)ccc1OCc1ccc2ccccc2c1. The van der Waals surface area contributed by atoms with E-state index in [1.165, 1.54) is 29.3 Å². The first-order chi connectivity index (χ1) is 19.4. The number of hydrogen-bond acceptors (Lipinski definition) is 6. The number of fused-ring (bicyclic) bond motifs is 1. The number of amidine groups is 1. The molecular weight excluding hydrogens is 524 g/mol. The van der Waals surface area contributed by atoms with Crippen molar-refractivity contribution in [3.63, 3.8) is 0 Å². The van der Waals surface area contributed by atoms with Crippen molar-refractivity contribution in [3.8, 4) is 11.5 Å². The first kappa shape index (κ1) is 27.0. The molecule has 1 aliphatic rings. The first-order valence-electron chi connectivity index (χ1n) is 13.0. The average Bonchev–Trinajstić information content (AvgIpc) is 3.25. The predicted molar refractivity (Wildman–Crippen MR) is 159 cm³/mol. The highest BCUT2D eigenvalue weighted by molar-refractivity contribution is 8.18.